The highest BCUT2D eigenvalue weighted by Crippen LogP contribution is 2.31. The first kappa shape index (κ1) is 16.8. The first-order chi connectivity index (χ1) is 7.71. The van der Waals surface area contributed by atoms with Gasteiger partial charge in [-0.15, -0.1) is 12.4 Å². The van der Waals surface area contributed by atoms with Gasteiger partial charge in [0.05, 0.1) is 6.10 Å². The number of hydrogen-bond donors (Lipinski definition) is 4. The molecule has 8 heteroatoms. The van der Waals surface area contributed by atoms with E-state index >= 15 is 0 Å². The average Bonchev–Trinajstić information content (AvgIpc) is 2.20. The average molecular weight is 288 g/mol. The lowest BCUT2D eigenvalue weighted by Gasteiger charge is -2.19. The Morgan fingerprint density at radius 1 is 1.17 bits per heavy atom. The Hall–Kier alpha value is -1.18. The predicted molar refractivity (Wildman–Crippen MR) is 60.6 cm³/mol. The number of rotatable bonds is 3. The molecule has 0 saturated heterocycles. The van der Waals surface area contributed by atoms with Crippen molar-refractivity contribution in [2.45, 2.75) is 24.7 Å². The van der Waals surface area contributed by atoms with E-state index in [-0.39, 0.29) is 18.0 Å². The number of aliphatic hydroxyl groups is 1. The van der Waals surface area contributed by atoms with Gasteiger partial charge in [0, 0.05) is 6.42 Å². The lowest BCUT2D eigenvalue weighted by Crippen LogP contribution is -2.38. The van der Waals surface area contributed by atoms with Crippen molar-refractivity contribution >= 4 is 12.4 Å². The van der Waals surface area contributed by atoms with E-state index in [9.17, 15) is 18.3 Å². The van der Waals surface area contributed by atoms with E-state index in [1.165, 1.54) is 6.07 Å². The van der Waals surface area contributed by atoms with Gasteiger partial charge in [0.1, 0.15) is 6.04 Å². The number of benzene rings is 1. The van der Waals surface area contributed by atoms with Crippen LogP contribution in [-0.2, 0) is 0 Å². The molecule has 0 aliphatic rings. The largest absolute Gasteiger partial charge is 0.504 e. The third kappa shape index (κ3) is 4.25. The van der Waals surface area contributed by atoms with Crippen LogP contribution in [0.5, 0.6) is 11.5 Å². The van der Waals surface area contributed by atoms with Crippen LogP contribution in [0.25, 0.3) is 0 Å². The molecule has 1 rings (SSSR count). The molecule has 0 aromatic heterocycles. The normalized spacial score (nSPS) is 14.7. The molecule has 4 nitrogen and oxygen atoms in total. The maximum Gasteiger partial charge on any atom is 0.403 e. The molecule has 0 saturated carbocycles. The van der Waals surface area contributed by atoms with Crippen LogP contribution in [0.15, 0.2) is 18.2 Å². The first-order valence-corrected chi connectivity index (χ1v) is 4.74. The van der Waals surface area contributed by atoms with Gasteiger partial charge in [-0.05, 0) is 17.7 Å². The third-order valence-electron chi connectivity index (χ3n) is 2.28. The highest BCUT2D eigenvalue weighted by molar-refractivity contribution is 5.85. The standard InChI is InChI=1S/C10H12F3NO3.ClH/c11-10(12,13)9(14)4-7(16)5-1-2-6(15)8(17)3-5;/h1-3,7,9,15-17H,4,14H2;1H/t7-,9+;/m0./s1. The second-order valence-electron chi connectivity index (χ2n) is 3.65. The van der Waals surface area contributed by atoms with E-state index in [4.69, 9.17) is 15.9 Å². The molecule has 5 N–H and O–H groups in total. The van der Waals surface area contributed by atoms with Gasteiger partial charge in [-0.25, -0.2) is 0 Å². The molecule has 0 spiro atoms. The number of halogens is 4. The van der Waals surface area contributed by atoms with Crippen LogP contribution in [0, 0.1) is 0 Å². The van der Waals surface area contributed by atoms with Gasteiger partial charge in [-0.3, -0.25) is 0 Å². The van der Waals surface area contributed by atoms with E-state index in [0.717, 1.165) is 12.1 Å². The molecule has 0 radical (unpaired) electrons. The summed E-state index contributed by atoms with van der Waals surface area (Å²) < 4.78 is 36.4. The topological polar surface area (TPSA) is 86.7 Å². The van der Waals surface area contributed by atoms with E-state index < -0.39 is 36.2 Å². The van der Waals surface area contributed by atoms with Crippen LogP contribution in [0.2, 0.25) is 0 Å². The summed E-state index contributed by atoms with van der Waals surface area (Å²) in [5.41, 5.74) is 4.92. The third-order valence-corrected chi connectivity index (χ3v) is 2.28. The highest BCUT2D eigenvalue weighted by atomic mass is 35.5. The van der Waals surface area contributed by atoms with Crippen molar-refractivity contribution in [3.63, 3.8) is 0 Å². The molecular formula is C10H13ClF3NO3. The number of phenols is 2. The summed E-state index contributed by atoms with van der Waals surface area (Å²) in [5.74, 6) is -0.928. The minimum absolute atomic E-state index is 0. The Balaban J connectivity index is 0.00000289. The van der Waals surface area contributed by atoms with Crippen LogP contribution in [0.3, 0.4) is 0 Å². The molecule has 18 heavy (non-hydrogen) atoms. The molecule has 0 aliphatic heterocycles. The maximum atomic E-state index is 12.1. The van der Waals surface area contributed by atoms with E-state index in [2.05, 4.69) is 0 Å². The zero-order valence-electron chi connectivity index (χ0n) is 9.05. The van der Waals surface area contributed by atoms with E-state index in [1.54, 1.807) is 0 Å². The summed E-state index contributed by atoms with van der Waals surface area (Å²) in [6.07, 6.45) is -6.76. The lowest BCUT2D eigenvalue weighted by molar-refractivity contribution is -0.153. The predicted octanol–water partition coefficient (Wildman–Crippen LogP) is 1.83. The van der Waals surface area contributed by atoms with Crippen molar-refractivity contribution in [3.8, 4) is 11.5 Å². The first-order valence-electron chi connectivity index (χ1n) is 4.74. The Morgan fingerprint density at radius 3 is 2.17 bits per heavy atom. The van der Waals surface area contributed by atoms with Crippen molar-refractivity contribution < 1.29 is 28.5 Å². The van der Waals surface area contributed by atoms with Crippen molar-refractivity contribution in [2.24, 2.45) is 5.73 Å². The molecule has 0 unspecified atom stereocenters. The van der Waals surface area contributed by atoms with Crippen molar-refractivity contribution in [3.05, 3.63) is 23.8 Å². The molecular weight excluding hydrogens is 275 g/mol. The minimum atomic E-state index is -4.58. The number of alkyl halides is 3. The molecule has 0 bridgehead atoms. The Bertz CT molecular complexity index is 400. The monoisotopic (exact) mass is 287 g/mol. The number of hydrogen-bond acceptors (Lipinski definition) is 4. The zero-order chi connectivity index (χ0) is 13.2. The Morgan fingerprint density at radius 2 is 1.72 bits per heavy atom. The van der Waals surface area contributed by atoms with Gasteiger partial charge in [0.2, 0.25) is 0 Å². The van der Waals surface area contributed by atoms with Gasteiger partial charge >= 0.3 is 6.18 Å². The molecule has 2 atom stereocenters. The fourth-order valence-corrected chi connectivity index (χ4v) is 1.26. The summed E-state index contributed by atoms with van der Waals surface area (Å²) in [5, 5.41) is 27.6. The van der Waals surface area contributed by atoms with Crippen molar-refractivity contribution in [1.29, 1.82) is 0 Å². The van der Waals surface area contributed by atoms with Crippen LogP contribution >= 0.6 is 12.4 Å². The summed E-state index contributed by atoms with van der Waals surface area (Å²) in [6, 6.07) is 1.13. The second kappa shape index (κ2) is 6.12. The fourth-order valence-electron chi connectivity index (χ4n) is 1.26. The highest BCUT2D eigenvalue weighted by Gasteiger charge is 2.38. The molecule has 0 heterocycles. The Kier molecular flexibility index (Phi) is 5.72. The van der Waals surface area contributed by atoms with Crippen molar-refractivity contribution in [1.82, 2.24) is 0 Å². The molecule has 0 fully saturated rings. The van der Waals surface area contributed by atoms with Gasteiger partial charge in [0.15, 0.2) is 11.5 Å². The number of nitrogens with two attached hydrogens (primary N) is 1. The molecule has 0 amide bonds. The smallest absolute Gasteiger partial charge is 0.403 e. The Labute approximate surface area is 107 Å². The van der Waals surface area contributed by atoms with Crippen LogP contribution in [0.1, 0.15) is 18.1 Å². The van der Waals surface area contributed by atoms with Gasteiger partial charge in [-0.1, -0.05) is 6.07 Å². The van der Waals surface area contributed by atoms with E-state index in [1.807, 2.05) is 0 Å². The zero-order valence-corrected chi connectivity index (χ0v) is 9.87. The summed E-state index contributed by atoms with van der Waals surface area (Å²) in [6.45, 7) is 0. The van der Waals surface area contributed by atoms with Crippen LogP contribution in [-0.4, -0.2) is 27.5 Å². The van der Waals surface area contributed by atoms with Crippen LogP contribution in [0.4, 0.5) is 13.2 Å². The molecule has 0 aliphatic carbocycles. The number of aromatic hydroxyl groups is 2. The van der Waals surface area contributed by atoms with Gasteiger partial charge in [0.25, 0.3) is 0 Å². The minimum Gasteiger partial charge on any atom is -0.504 e. The van der Waals surface area contributed by atoms with Crippen molar-refractivity contribution in [2.75, 3.05) is 0 Å². The van der Waals surface area contributed by atoms with E-state index in [0.29, 0.717) is 0 Å². The maximum absolute atomic E-state index is 12.1. The fraction of sp³-hybridized carbons (Fsp3) is 0.400. The van der Waals surface area contributed by atoms with Gasteiger partial charge in [-0.2, -0.15) is 13.2 Å². The number of phenolic OH excluding ortho intramolecular Hbond substituents is 2. The quantitative estimate of drug-likeness (QED) is 0.639. The summed E-state index contributed by atoms with van der Waals surface area (Å²) in [7, 11) is 0. The molecule has 1 aromatic rings. The van der Waals surface area contributed by atoms with Crippen LogP contribution < -0.4 is 5.73 Å². The summed E-state index contributed by atoms with van der Waals surface area (Å²) in [4.78, 5) is 0. The summed E-state index contributed by atoms with van der Waals surface area (Å²) >= 11 is 0. The second-order valence-corrected chi connectivity index (χ2v) is 3.65. The number of aliphatic hydroxyl groups excluding tert-OH is 1. The lowest BCUT2D eigenvalue weighted by atomic mass is 10.0. The molecule has 1 aromatic carbocycles. The van der Waals surface area contributed by atoms with Gasteiger partial charge < -0.3 is 21.1 Å². The molecule has 104 valence electrons. The SMILES string of the molecule is Cl.N[C@H](C[C@H](O)c1ccc(O)c(O)c1)C(F)(F)F.